The highest BCUT2D eigenvalue weighted by atomic mass is 16.5. The molecule has 1 aliphatic rings. The Balaban J connectivity index is 1.45. The Morgan fingerprint density at radius 1 is 1.06 bits per heavy atom. The molecule has 1 fully saturated rings. The first-order valence-corrected chi connectivity index (χ1v) is 10.8. The Labute approximate surface area is 183 Å². The summed E-state index contributed by atoms with van der Waals surface area (Å²) in [5, 5.41) is 5.73. The average molecular weight is 427 g/mol. The van der Waals surface area contributed by atoms with Gasteiger partial charge in [-0.2, -0.15) is 0 Å². The number of hydrogen-bond acceptors (Lipinski definition) is 5. The smallest absolute Gasteiger partial charge is 0.253 e. The van der Waals surface area contributed by atoms with Gasteiger partial charge in [0.25, 0.3) is 5.91 Å². The van der Waals surface area contributed by atoms with Crippen LogP contribution in [0.4, 0.5) is 5.69 Å². The third-order valence-corrected chi connectivity index (χ3v) is 4.91. The van der Waals surface area contributed by atoms with Crippen LogP contribution in [0.2, 0.25) is 0 Å². The van der Waals surface area contributed by atoms with Crippen molar-refractivity contribution in [3.8, 4) is 11.5 Å². The lowest BCUT2D eigenvalue weighted by Crippen LogP contribution is -2.32. The van der Waals surface area contributed by atoms with Crippen LogP contribution in [-0.2, 0) is 9.53 Å². The summed E-state index contributed by atoms with van der Waals surface area (Å²) in [6.07, 6.45) is 2.87. The summed E-state index contributed by atoms with van der Waals surface area (Å²) >= 11 is 0. The van der Waals surface area contributed by atoms with Gasteiger partial charge in [0.1, 0.15) is 0 Å². The molecule has 7 nitrogen and oxygen atoms in total. The van der Waals surface area contributed by atoms with E-state index in [1.165, 1.54) is 0 Å². The highest BCUT2D eigenvalue weighted by Gasteiger charge is 2.18. The van der Waals surface area contributed by atoms with Crippen LogP contribution in [0.5, 0.6) is 11.5 Å². The molecule has 1 heterocycles. The number of hydrogen-bond donors (Lipinski definition) is 2. The first-order valence-electron chi connectivity index (χ1n) is 10.8. The van der Waals surface area contributed by atoms with Crippen LogP contribution in [0.15, 0.2) is 48.5 Å². The topological polar surface area (TPSA) is 85.9 Å². The van der Waals surface area contributed by atoms with E-state index < -0.39 is 0 Å². The zero-order valence-corrected chi connectivity index (χ0v) is 17.9. The van der Waals surface area contributed by atoms with Crippen molar-refractivity contribution >= 4 is 17.5 Å². The molecule has 1 unspecified atom stereocenters. The second-order valence-corrected chi connectivity index (χ2v) is 7.27. The van der Waals surface area contributed by atoms with Gasteiger partial charge in [-0.05, 0) is 50.5 Å². The third-order valence-electron chi connectivity index (χ3n) is 4.91. The van der Waals surface area contributed by atoms with Crippen LogP contribution in [-0.4, -0.2) is 44.3 Å². The highest BCUT2D eigenvalue weighted by molar-refractivity contribution is 6.03. The van der Waals surface area contributed by atoms with E-state index in [1.54, 1.807) is 24.3 Å². The number of carbonyl (C=O) groups excluding carboxylic acids is 2. The van der Waals surface area contributed by atoms with Gasteiger partial charge in [0.05, 0.1) is 30.6 Å². The van der Waals surface area contributed by atoms with E-state index in [0.717, 1.165) is 19.4 Å². The SMILES string of the molecule is CCOc1ccccc1OCCCC(=O)Nc1ccccc1C(=O)NCC1CCCO1. The van der Waals surface area contributed by atoms with Gasteiger partial charge in [0, 0.05) is 19.6 Å². The molecular weight excluding hydrogens is 396 g/mol. The molecule has 166 valence electrons. The number of nitrogens with one attached hydrogen (secondary N) is 2. The molecule has 0 aromatic heterocycles. The van der Waals surface area contributed by atoms with Crippen molar-refractivity contribution in [1.29, 1.82) is 0 Å². The number of rotatable bonds is 11. The van der Waals surface area contributed by atoms with Crippen molar-refractivity contribution in [3.63, 3.8) is 0 Å². The molecule has 0 aliphatic carbocycles. The van der Waals surface area contributed by atoms with Crippen molar-refractivity contribution in [2.24, 2.45) is 0 Å². The van der Waals surface area contributed by atoms with Gasteiger partial charge in [-0.3, -0.25) is 9.59 Å². The molecule has 2 aromatic carbocycles. The fourth-order valence-electron chi connectivity index (χ4n) is 3.37. The maximum absolute atomic E-state index is 12.6. The Bertz CT molecular complexity index is 865. The largest absolute Gasteiger partial charge is 0.490 e. The van der Waals surface area contributed by atoms with Crippen LogP contribution in [0.1, 0.15) is 43.0 Å². The molecule has 1 atom stereocenters. The first kappa shape index (κ1) is 22.6. The molecule has 31 heavy (non-hydrogen) atoms. The minimum atomic E-state index is -0.220. The quantitative estimate of drug-likeness (QED) is 0.534. The van der Waals surface area contributed by atoms with Gasteiger partial charge in [-0.1, -0.05) is 24.3 Å². The van der Waals surface area contributed by atoms with E-state index in [-0.39, 0.29) is 24.3 Å². The Hall–Kier alpha value is -3.06. The zero-order valence-electron chi connectivity index (χ0n) is 17.9. The number of ether oxygens (including phenoxy) is 3. The monoisotopic (exact) mass is 426 g/mol. The summed E-state index contributed by atoms with van der Waals surface area (Å²) in [5.74, 6) is 0.971. The summed E-state index contributed by atoms with van der Waals surface area (Å²) in [6, 6.07) is 14.5. The van der Waals surface area contributed by atoms with Crippen LogP contribution in [0.3, 0.4) is 0 Å². The van der Waals surface area contributed by atoms with Gasteiger partial charge >= 0.3 is 0 Å². The van der Waals surface area contributed by atoms with Gasteiger partial charge in [0.15, 0.2) is 11.5 Å². The first-order chi connectivity index (χ1) is 15.2. The molecule has 2 amide bonds. The number of carbonyl (C=O) groups is 2. The number of anilines is 1. The van der Waals surface area contributed by atoms with Gasteiger partial charge in [0.2, 0.25) is 5.91 Å². The second-order valence-electron chi connectivity index (χ2n) is 7.27. The lowest BCUT2D eigenvalue weighted by atomic mass is 10.1. The third kappa shape index (κ3) is 7.00. The Kier molecular flexibility index (Phi) is 8.72. The molecule has 0 saturated carbocycles. The Morgan fingerprint density at radius 2 is 1.81 bits per heavy atom. The second kappa shape index (κ2) is 12.0. The molecule has 0 bridgehead atoms. The van der Waals surface area contributed by atoms with Crippen LogP contribution >= 0.6 is 0 Å². The zero-order chi connectivity index (χ0) is 21.9. The van der Waals surface area contributed by atoms with E-state index in [1.807, 2.05) is 31.2 Å². The maximum atomic E-state index is 12.6. The highest BCUT2D eigenvalue weighted by Crippen LogP contribution is 2.26. The van der Waals surface area contributed by atoms with Crippen molar-refractivity contribution in [1.82, 2.24) is 5.32 Å². The predicted molar refractivity (Wildman–Crippen MR) is 119 cm³/mol. The number of benzene rings is 2. The van der Waals surface area contributed by atoms with Gasteiger partial charge < -0.3 is 24.8 Å². The fourth-order valence-corrected chi connectivity index (χ4v) is 3.37. The number of para-hydroxylation sites is 3. The molecule has 0 spiro atoms. The molecule has 7 heteroatoms. The predicted octanol–water partition coefficient (Wildman–Crippen LogP) is 3.79. The summed E-state index contributed by atoms with van der Waals surface area (Å²) in [7, 11) is 0. The van der Waals surface area contributed by atoms with E-state index in [4.69, 9.17) is 14.2 Å². The normalized spacial score (nSPS) is 15.3. The molecule has 1 aliphatic heterocycles. The number of amides is 2. The van der Waals surface area contributed by atoms with Crippen molar-refractivity contribution < 1.29 is 23.8 Å². The van der Waals surface area contributed by atoms with E-state index >= 15 is 0 Å². The van der Waals surface area contributed by atoms with E-state index in [9.17, 15) is 9.59 Å². The van der Waals surface area contributed by atoms with Crippen molar-refractivity contribution in [2.75, 3.05) is 31.7 Å². The summed E-state index contributed by atoms with van der Waals surface area (Å²) < 4.78 is 16.8. The van der Waals surface area contributed by atoms with Gasteiger partial charge in [-0.15, -0.1) is 0 Å². The van der Waals surface area contributed by atoms with Crippen LogP contribution in [0, 0.1) is 0 Å². The molecule has 0 radical (unpaired) electrons. The summed E-state index contributed by atoms with van der Waals surface area (Å²) in [5.41, 5.74) is 0.940. The maximum Gasteiger partial charge on any atom is 0.253 e. The Morgan fingerprint density at radius 3 is 2.55 bits per heavy atom. The lowest BCUT2D eigenvalue weighted by Gasteiger charge is -2.14. The average Bonchev–Trinajstić information content (AvgIpc) is 3.30. The fraction of sp³-hybridized carbons (Fsp3) is 0.417. The standard InChI is InChI=1S/C24H30N2O5/c1-2-29-21-12-5-6-13-22(21)31-16-8-14-23(27)26-20-11-4-3-10-19(20)24(28)25-17-18-9-7-15-30-18/h3-6,10-13,18H,2,7-9,14-17H2,1H3,(H,25,28)(H,26,27). The summed E-state index contributed by atoms with van der Waals surface area (Å²) in [4.78, 5) is 24.9. The van der Waals surface area contributed by atoms with Crippen molar-refractivity contribution in [3.05, 3.63) is 54.1 Å². The summed E-state index contributed by atoms with van der Waals surface area (Å²) in [6.45, 7) is 4.09. The van der Waals surface area contributed by atoms with Crippen LogP contribution < -0.4 is 20.1 Å². The van der Waals surface area contributed by atoms with Gasteiger partial charge in [-0.25, -0.2) is 0 Å². The lowest BCUT2D eigenvalue weighted by molar-refractivity contribution is -0.116. The van der Waals surface area contributed by atoms with E-state index in [0.29, 0.717) is 48.9 Å². The van der Waals surface area contributed by atoms with Crippen LogP contribution in [0.25, 0.3) is 0 Å². The molecule has 2 aromatic rings. The minimum Gasteiger partial charge on any atom is -0.490 e. The minimum absolute atomic E-state index is 0.0681. The van der Waals surface area contributed by atoms with Crippen molar-refractivity contribution in [2.45, 2.75) is 38.7 Å². The van der Waals surface area contributed by atoms with E-state index in [2.05, 4.69) is 10.6 Å². The molecular formula is C24H30N2O5. The molecule has 2 N–H and O–H groups in total. The molecule has 3 rings (SSSR count). The molecule has 1 saturated heterocycles.